The van der Waals surface area contributed by atoms with Crippen molar-refractivity contribution in [1.29, 1.82) is 0 Å². The Hall–Kier alpha value is -4.13. The Morgan fingerprint density at radius 1 is 0.879 bits per heavy atom. The lowest BCUT2D eigenvalue weighted by atomic mass is 10.0. The van der Waals surface area contributed by atoms with Gasteiger partial charge in [0.25, 0.3) is 11.8 Å². The van der Waals surface area contributed by atoms with Crippen molar-refractivity contribution in [3.63, 3.8) is 0 Å². The number of methoxy groups -OCH3 is 1. The maximum atomic E-state index is 12.7. The second-order valence-corrected chi connectivity index (χ2v) is 7.36. The maximum absolute atomic E-state index is 12.7. The first-order chi connectivity index (χ1) is 16.0. The van der Waals surface area contributed by atoms with Crippen LogP contribution >= 0.6 is 0 Å². The first-order valence-corrected chi connectivity index (χ1v) is 10.5. The van der Waals surface area contributed by atoms with Crippen molar-refractivity contribution in [2.75, 3.05) is 12.4 Å². The quantitative estimate of drug-likeness (QED) is 0.482. The van der Waals surface area contributed by atoms with Crippen molar-refractivity contribution in [2.45, 2.75) is 25.5 Å². The normalized spacial score (nSPS) is 12.2. The van der Waals surface area contributed by atoms with Crippen molar-refractivity contribution in [2.24, 2.45) is 0 Å². The van der Waals surface area contributed by atoms with Crippen LogP contribution in [0.25, 0.3) is 0 Å². The highest BCUT2D eigenvalue weighted by molar-refractivity contribution is 5.96. The molecule has 0 aliphatic carbocycles. The van der Waals surface area contributed by atoms with E-state index in [1.807, 2.05) is 36.4 Å². The Labute approximate surface area is 192 Å². The Kier molecular flexibility index (Phi) is 8.18. The van der Waals surface area contributed by atoms with Crippen molar-refractivity contribution >= 4 is 23.5 Å². The van der Waals surface area contributed by atoms with Crippen LogP contribution in [-0.2, 0) is 14.3 Å². The van der Waals surface area contributed by atoms with Gasteiger partial charge in [-0.3, -0.25) is 14.4 Å². The molecular formula is C26H26N2O5. The van der Waals surface area contributed by atoms with E-state index in [2.05, 4.69) is 10.6 Å². The standard InChI is InChI=1S/C26H26N2O5/c1-18(25(30)27-21-14-9-15-22(16-21)32-2)33-24(29)17-23(19-10-5-3-6-11-19)28-26(31)20-12-7-4-8-13-20/h3-16,18,23H,17H2,1-2H3,(H,27,30)(H,28,31). The van der Waals surface area contributed by atoms with Gasteiger partial charge in [-0.25, -0.2) is 0 Å². The van der Waals surface area contributed by atoms with Crippen LogP contribution in [0.2, 0.25) is 0 Å². The predicted molar refractivity (Wildman–Crippen MR) is 125 cm³/mol. The van der Waals surface area contributed by atoms with Gasteiger partial charge >= 0.3 is 5.97 Å². The summed E-state index contributed by atoms with van der Waals surface area (Å²) in [5, 5.41) is 5.58. The fourth-order valence-electron chi connectivity index (χ4n) is 3.18. The molecule has 0 saturated heterocycles. The molecular weight excluding hydrogens is 420 g/mol. The van der Waals surface area contributed by atoms with Gasteiger partial charge in [0.1, 0.15) is 5.75 Å². The van der Waals surface area contributed by atoms with E-state index in [0.29, 0.717) is 17.0 Å². The minimum absolute atomic E-state index is 0.126. The Balaban J connectivity index is 1.63. The summed E-state index contributed by atoms with van der Waals surface area (Å²) < 4.78 is 10.5. The molecule has 170 valence electrons. The van der Waals surface area contributed by atoms with Gasteiger partial charge < -0.3 is 20.1 Å². The lowest BCUT2D eigenvalue weighted by molar-refractivity contribution is -0.153. The third-order valence-corrected chi connectivity index (χ3v) is 4.93. The van der Waals surface area contributed by atoms with E-state index < -0.39 is 24.0 Å². The zero-order valence-electron chi connectivity index (χ0n) is 18.5. The third-order valence-electron chi connectivity index (χ3n) is 4.93. The van der Waals surface area contributed by atoms with Gasteiger partial charge in [-0.15, -0.1) is 0 Å². The minimum Gasteiger partial charge on any atom is -0.497 e. The molecule has 0 radical (unpaired) electrons. The Morgan fingerprint density at radius 2 is 1.55 bits per heavy atom. The molecule has 0 aromatic heterocycles. The molecule has 3 aromatic carbocycles. The SMILES string of the molecule is COc1cccc(NC(=O)C(C)OC(=O)CC(NC(=O)c2ccccc2)c2ccccc2)c1. The Bertz CT molecular complexity index is 1090. The lowest BCUT2D eigenvalue weighted by Crippen LogP contribution is -2.33. The molecule has 0 aliphatic heterocycles. The number of carbonyl (C=O) groups is 3. The smallest absolute Gasteiger partial charge is 0.309 e. The fraction of sp³-hybridized carbons (Fsp3) is 0.192. The highest BCUT2D eigenvalue weighted by Gasteiger charge is 2.23. The predicted octanol–water partition coefficient (Wildman–Crippen LogP) is 4.13. The van der Waals surface area contributed by atoms with Gasteiger partial charge in [-0.1, -0.05) is 54.6 Å². The molecule has 2 unspecified atom stereocenters. The average molecular weight is 447 g/mol. The summed E-state index contributed by atoms with van der Waals surface area (Å²) in [6.07, 6.45) is -1.15. The summed E-state index contributed by atoms with van der Waals surface area (Å²) in [7, 11) is 1.53. The van der Waals surface area contributed by atoms with Crippen molar-refractivity contribution in [3.8, 4) is 5.75 Å². The molecule has 2 amide bonds. The van der Waals surface area contributed by atoms with Crippen molar-refractivity contribution in [3.05, 3.63) is 96.1 Å². The summed E-state index contributed by atoms with van der Waals surface area (Å²) in [6.45, 7) is 1.49. The minimum atomic E-state index is -1.02. The first kappa shape index (κ1) is 23.5. The Morgan fingerprint density at radius 3 is 2.21 bits per heavy atom. The van der Waals surface area contributed by atoms with Gasteiger partial charge in [0.15, 0.2) is 6.10 Å². The number of hydrogen-bond donors (Lipinski definition) is 2. The molecule has 0 aliphatic rings. The number of esters is 1. The number of anilines is 1. The van der Waals surface area contributed by atoms with E-state index in [4.69, 9.17) is 9.47 Å². The fourth-order valence-corrected chi connectivity index (χ4v) is 3.18. The van der Waals surface area contributed by atoms with Gasteiger partial charge in [0.05, 0.1) is 19.6 Å². The lowest BCUT2D eigenvalue weighted by Gasteiger charge is -2.20. The molecule has 0 spiro atoms. The molecule has 0 saturated carbocycles. The van der Waals surface area contributed by atoms with Gasteiger partial charge in [-0.2, -0.15) is 0 Å². The number of nitrogens with one attached hydrogen (secondary N) is 2. The van der Waals surface area contributed by atoms with E-state index in [1.165, 1.54) is 14.0 Å². The zero-order valence-corrected chi connectivity index (χ0v) is 18.5. The highest BCUT2D eigenvalue weighted by atomic mass is 16.5. The van der Waals surface area contributed by atoms with E-state index in [0.717, 1.165) is 5.56 Å². The second kappa shape index (κ2) is 11.5. The van der Waals surface area contributed by atoms with Gasteiger partial charge in [0.2, 0.25) is 0 Å². The molecule has 0 heterocycles. The van der Waals surface area contributed by atoms with Crippen LogP contribution in [0.15, 0.2) is 84.9 Å². The van der Waals surface area contributed by atoms with Crippen molar-refractivity contribution < 1.29 is 23.9 Å². The molecule has 3 aromatic rings. The van der Waals surface area contributed by atoms with E-state index >= 15 is 0 Å². The molecule has 7 nitrogen and oxygen atoms in total. The number of benzene rings is 3. The van der Waals surface area contributed by atoms with E-state index in [1.54, 1.807) is 48.5 Å². The number of hydrogen-bond acceptors (Lipinski definition) is 5. The summed E-state index contributed by atoms with van der Waals surface area (Å²) >= 11 is 0. The monoisotopic (exact) mass is 446 g/mol. The summed E-state index contributed by atoms with van der Waals surface area (Å²) in [5.41, 5.74) is 1.77. The zero-order chi connectivity index (χ0) is 23.6. The molecule has 0 fully saturated rings. The topological polar surface area (TPSA) is 93.7 Å². The average Bonchev–Trinajstić information content (AvgIpc) is 2.84. The van der Waals surface area contributed by atoms with Crippen molar-refractivity contribution in [1.82, 2.24) is 5.32 Å². The van der Waals surface area contributed by atoms with Crippen LogP contribution in [0.1, 0.15) is 35.3 Å². The van der Waals surface area contributed by atoms with E-state index in [9.17, 15) is 14.4 Å². The summed E-state index contributed by atoms with van der Waals surface area (Å²) in [4.78, 5) is 37.8. The van der Waals surface area contributed by atoms with Crippen LogP contribution in [-0.4, -0.2) is 31.0 Å². The molecule has 0 bridgehead atoms. The third kappa shape index (κ3) is 6.93. The maximum Gasteiger partial charge on any atom is 0.309 e. The first-order valence-electron chi connectivity index (χ1n) is 10.5. The van der Waals surface area contributed by atoms with Crippen LogP contribution < -0.4 is 15.4 Å². The second-order valence-electron chi connectivity index (χ2n) is 7.36. The molecule has 2 N–H and O–H groups in total. The van der Waals surface area contributed by atoms with Gasteiger partial charge in [-0.05, 0) is 36.8 Å². The number of amides is 2. The molecule has 2 atom stereocenters. The van der Waals surface area contributed by atoms with E-state index in [-0.39, 0.29) is 12.3 Å². The van der Waals surface area contributed by atoms with Gasteiger partial charge in [0, 0.05) is 17.3 Å². The molecule has 7 heteroatoms. The van der Waals surface area contributed by atoms with Crippen LogP contribution in [0.3, 0.4) is 0 Å². The van der Waals surface area contributed by atoms with Crippen LogP contribution in [0.5, 0.6) is 5.75 Å². The number of carbonyl (C=O) groups excluding carboxylic acids is 3. The highest BCUT2D eigenvalue weighted by Crippen LogP contribution is 2.20. The molecule has 33 heavy (non-hydrogen) atoms. The molecule has 3 rings (SSSR count). The summed E-state index contributed by atoms with van der Waals surface area (Å²) in [6, 6.07) is 24.1. The summed E-state index contributed by atoms with van der Waals surface area (Å²) in [5.74, 6) is -0.787. The van der Waals surface area contributed by atoms with Crippen LogP contribution in [0, 0.1) is 0 Å². The number of rotatable bonds is 9. The largest absolute Gasteiger partial charge is 0.497 e. The number of ether oxygens (including phenoxy) is 2. The van der Waals surface area contributed by atoms with Crippen LogP contribution in [0.4, 0.5) is 5.69 Å².